The molecule has 0 aliphatic rings. The molecule has 0 radical (unpaired) electrons. The van der Waals surface area contributed by atoms with E-state index in [4.69, 9.17) is 4.74 Å². The number of ether oxygens (including phenoxy) is 1. The van der Waals surface area contributed by atoms with Gasteiger partial charge in [-0.25, -0.2) is 0 Å². The summed E-state index contributed by atoms with van der Waals surface area (Å²) in [4.78, 5) is 2.30. The normalized spacial score (nSPS) is 10.9. The van der Waals surface area contributed by atoms with Crippen LogP contribution in [-0.4, -0.2) is 32.1 Å². The third-order valence-electron chi connectivity index (χ3n) is 3.67. The number of likely N-dealkylation sites (N-methyl/N-ethyl adjacent to an activating group) is 2. The van der Waals surface area contributed by atoms with Crippen molar-refractivity contribution < 1.29 is 4.74 Å². The molecule has 0 amide bonds. The lowest BCUT2D eigenvalue weighted by Crippen LogP contribution is -2.27. The van der Waals surface area contributed by atoms with Gasteiger partial charge in [-0.1, -0.05) is 48.0 Å². The monoisotopic (exact) mass is 298 g/mol. The first-order valence-electron chi connectivity index (χ1n) is 7.78. The van der Waals surface area contributed by atoms with Gasteiger partial charge in [0.1, 0.15) is 12.4 Å². The number of nitrogens with one attached hydrogen (secondary N) is 1. The Hall–Kier alpha value is -1.84. The molecule has 0 aromatic heterocycles. The first-order chi connectivity index (χ1) is 10.7. The van der Waals surface area contributed by atoms with Gasteiger partial charge in [-0.15, -0.1) is 0 Å². The Labute approximate surface area is 133 Å². The molecule has 2 aromatic rings. The second-order valence-electron chi connectivity index (χ2n) is 5.72. The van der Waals surface area contributed by atoms with Crippen LogP contribution in [0.5, 0.6) is 5.75 Å². The van der Waals surface area contributed by atoms with Gasteiger partial charge < -0.3 is 15.0 Å². The average molecular weight is 298 g/mol. The van der Waals surface area contributed by atoms with Crippen LogP contribution in [0.4, 0.5) is 0 Å². The minimum Gasteiger partial charge on any atom is -0.489 e. The van der Waals surface area contributed by atoms with E-state index in [0.29, 0.717) is 6.61 Å². The molecule has 0 fully saturated rings. The van der Waals surface area contributed by atoms with Crippen LogP contribution in [0.3, 0.4) is 0 Å². The van der Waals surface area contributed by atoms with E-state index >= 15 is 0 Å². The van der Waals surface area contributed by atoms with Crippen LogP contribution in [0, 0.1) is 6.92 Å². The van der Waals surface area contributed by atoms with Crippen LogP contribution in [0.15, 0.2) is 48.5 Å². The minimum absolute atomic E-state index is 0.609. The molecule has 118 valence electrons. The molecule has 2 rings (SSSR count). The van der Waals surface area contributed by atoms with E-state index in [9.17, 15) is 0 Å². The topological polar surface area (TPSA) is 24.5 Å². The first-order valence-corrected chi connectivity index (χ1v) is 7.78. The number of hydrogen-bond acceptors (Lipinski definition) is 3. The Morgan fingerprint density at radius 3 is 2.50 bits per heavy atom. The van der Waals surface area contributed by atoms with Gasteiger partial charge in [0.05, 0.1) is 0 Å². The van der Waals surface area contributed by atoms with Gasteiger partial charge in [0.2, 0.25) is 0 Å². The van der Waals surface area contributed by atoms with Crippen molar-refractivity contribution in [3.05, 3.63) is 65.2 Å². The standard InChI is InChI=1S/C19H26N2O/c1-16-8-10-17(11-9-16)15-22-19-7-5-4-6-18(19)14-21(3)13-12-20-2/h4-11,20H,12-15H2,1-3H3. The lowest BCUT2D eigenvalue weighted by atomic mass is 10.1. The summed E-state index contributed by atoms with van der Waals surface area (Å²) in [6.07, 6.45) is 0. The van der Waals surface area contributed by atoms with Gasteiger partial charge in [-0.2, -0.15) is 0 Å². The molecule has 0 bridgehead atoms. The second-order valence-corrected chi connectivity index (χ2v) is 5.72. The molecule has 1 N–H and O–H groups in total. The van der Waals surface area contributed by atoms with Crippen LogP contribution >= 0.6 is 0 Å². The lowest BCUT2D eigenvalue weighted by Gasteiger charge is -2.19. The molecule has 3 heteroatoms. The van der Waals surface area contributed by atoms with E-state index in [2.05, 4.69) is 66.7 Å². The van der Waals surface area contributed by atoms with E-state index in [1.54, 1.807) is 0 Å². The summed E-state index contributed by atoms with van der Waals surface area (Å²) >= 11 is 0. The number of nitrogens with zero attached hydrogens (tertiary/aromatic N) is 1. The summed E-state index contributed by atoms with van der Waals surface area (Å²) in [5.74, 6) is 0.972. The molecule has 0 heterocycles. The van der Waals surface area contributed by atoms with Crippen LogP contribution in [0.1, 0.15) is 16.7 Å². The van der Waals surface area contributed by atoms with Crippen molar-refractivity contribution in [2.75, 3.05) is 27.2 Å². The van der Waals surface area contributed by atoms with Crippen molar-refractivity contribution >= 4 is 0 Å². The zero-order chi connectivity index (χ0) is 15.8. The zero-order valence-electron chi connectivity index (χ0n) is 13.8. The highest BCUT2D eigenvalue weighted by molar-refractivity contribution is 5.33. The Morgan fingerprint density at radius 1 is 1.05 bits per heavy atom. The number of rotatable bonds is 8. The highest BCUT2D eigenvalue weighted by atomic mass is 16.5. The molecule has 0 spiro atoms. The number of aryl methyl sites for hydroxylation is 1. The average Bonchev–Trinajstić information content (AvgIpc) is 2.53. The fourth-order valence-corrected chi connectivity index (χ4v) is 2.29. The maximum absolute atomic E-state index is 6.03. The smallest absolute Gasteiger partial charge is 0.124 e. The summed E-state index contributed by atoms with van der Waals surface area (Å²) in [7, 11) is 4.11. The van der Waals surface area contributed by atoms with Gasteiger partial charge >= 0.3 is 0 Å². The summed E-state index contributed by atoms with van der Waals surface area (Å²) in [6, 6.07) is 16.8. The number of benzene rings is 2. The highest BCUT2D eigenvalue weighted by Gasteiger charge is 2.06. The number of para-hydroxylation sites is 1. The summed E-state index contributed by atoms with van der Waals surface area (Å²) in [6.45, 7) is 5.61. The van der Waals surface area contributed by atoms with Crippen molar-refractivity contribution in [3.8, 4) is 5.75 Å². The predicted octanol–water partition coefficient (Wildman–Crippen LogP) is 3.23. The van der Waals surface area contributed by atoms with Gasteiger partial charge in [-0.3, -0.25) is 0 Å². The van der Waals surface area contributed by atoms with Crippen LogP contribution in [0.25, 0.3) is 0 Å². The van der Waals surface area contributed by atoms with E-state index in [1.807, 2.05) is 13.1 Å². The molecule has 22 heavy (non-hydrogen) atoms. The third kappa shape index (κ3) is 5.17. The molecule has 3 nitrogen and oxygen atoms in total. The molecule has 0 saturated carbocycles. The van der Waals surface area contributed by atoms with Gasteiger partial charge in [-0.05, 0) is 32.6 Å². The Bertz CT molecular complexity index is 566. The molecule has 0 saturated heterocycles. The second kappa shape index (κ2) is 8.57. The van der Waals surface area contributed by atoms with Crippen molar-refractivity contribution in [2.24, 2.45) is 0 Å². The highest BCUT2D eigenvalue weighted by Crippen LogP contribution is 2.20. The quantitative estimate of drug-likeness (QED) is 0.810. The SMILES string of the molecule is CNCCN(C)Cc1ccccc1OCc1ccc(C)cc1. The molecule has 0 aliphatic carbocycles. The lowest BCUT2D eigenvalue weighted by molar-refractivity contribution is 0.285. The molecule has 0 unspecified atom stereocenters. The van der Waals surface area contributed by atoms with Crippen LogP contribution in [-0.2, 0) is 13.2 Å². The van der Waals surface area contributed by atoms with Crippen molar-refractivity contribution in [2.45, 2.75) is 20.1 Å². The Morgan fingerprint density at radius 2 is 1.77 bits per heavy atom. The maximum Gasteiger partial charge on any atom is 0.124 e. The zero-order valence-corrected chi connectivity index (χ0v) is 13.8. The Kier molecular flexibility index (Phi) is 6.44. The largest absolute Gasteiger partial charge is 0.489 e. The van der Waals surface area contributed by atoms with Crippen LogP contribution < -0.4 is 10.1 Å². The van der Waals surface area contributed by atoms with Crippen molar-refractivity contribution in [3.63, 3.8) is 0 Å². The summed E-state index contributed by atoms with van der Waals surface area (Å²) in [5.41, 5.74) is 3.70. The van der Waals surface area contributed by atoms with Gasteiger partial charge in [0, 0.05) is 25.2 Å². The summed E-state index contributed by atoms with van der Waals surface area (Å²) < 4.78 is 6.03. The fraction of sp³-hybridized carbons (Fsp3) is 0.368. The van der Waals surface area contributed by atoms with E-state index in [1.165, 1.54) is 16.7 Å². The minimum atomic E-state index is 0.609. The number of hydrogen-bond donors (Lipinski definition) is 1. The first kappa shape index (κ1) is 16.5. The van der Waals surface area contributed by atoms with Gasteiger partial charge in [0.15, 0.2) is 0 Å². The predicted molar refractivity (Wildman–Crippen MR) is 92.2 cm³/mol. The molecular weight excluding hydrogens is 272 g/mol. The van der Waals surface area contributed by atoms with Gasteiger partial charge in [0.25, 0.3) is 0 Å². The molecular formula is C19H26N2O. The van der Waals surface area contributed by atoms with Crippen LogP contribution in [0.2, 0.25) is 0 Å². The van der Waals surface area contributed by atoms with E-state index in [-0.39, 0.29) is 0 Å². The fourth-order valence-electron chi connectivity index (χ4n) is 2.29. The summed E-state index contributed by atoms with van der Waals surface area (Å²) in [5, 5.41) is 3.18. The van der Waals surface area contributed by atoms with E-state index in [0.717, 1.165) is 25.4 Å². The van der Waals surface area contributed by atoms with E-state index < -0.39 is 0 Å². The third-order valence-corrected chi connectivity index (χ3v) is 3.67. The van der Waals surface area contributed by atoms with Crippen molar-refractivity contribution in [1.82, 2.24) is 10.2 Å². The maximum atomic E-state index is 6.03. The molecule has 0 atom stereocenters. The molecule has 2 aromatic carbocycles. The Balaban J connectivity index is 1.97. The van der Waals surface area contributed by atoms with Crippen molar-refractivity contribution in [1.29, 1.82) is 0 Å². The molecule has 0 aliphatic heterocycles.